The summed E-state index contributed by atoms with van der Waals surface area (Å²) in [5.41, 5.74) is 2.83. The number of carbonyl (C=O) groups is 1. The second-order valence-electron chi connectivity index (χ2n) is 7.84. The molecule has 1 aliphatic heterocycles. The summed E-state index contributed by atoms with van der Waals surface area (Å²) in [5.74, 6) is 1.59. The molecule has 0 spiro atoms. The number of hydrogen-bond donors (Lipinski definition) is 1. The van der Waals surface area contributed by atoms with E-state index in [0.29, 0.717) is 12.5 Å². The number of likely N-dealkylation sites (tertiary alicyclic amines) is 1. The molecular weight excluding hydrogens is 364 g/mol. The van der Waals surface area contributed by atoms with Gasteiger partial charge in [0.25, 0.3) is 0 Å². The van der Waals surface area contributed by atoms with Crippen LogP contribution >= 0.6 is 0 Å². The summed E-state index contributed by atoms with van der Waals surface area (Å²) in [6.07, 6.45) is 5.61. The molecule has 0 unspecified atom stereocenters. The Morgan fingerprint density at radius 1 is 1.24 bits per heavy atom. The van der Waals surface area contributed by atoms with Crippen molar-refractivity contribution in [3.05, 3.63) is 53.5 Å². The summed E-state index contributed by atoms with van der Waals surface area (Å²) in [4.78, 5) is 30.1. The SMILES string of the molecule is Cc1cc(C)nc(Nc2cccc([C@H]3CCCN(C(=O)/C=C/CN(C)C)C3)n2)n1. The molecule has 0 saturated carbocycles. The van der Waals surface area contributed by atoms with Gasteiger partial charge in [-0.05, 0) is 59.0 Å². The lowest BCUT2D eigenvalue weighted by Crippen LogP contribution is -2.38. The van der Waals surface area contributed by atoms with Crippen molar-refractivity contribution in [2.45, 2.75) is 32.6 Å². The number of pyridine rings is 1. The normalized spacial score (nSPS) is 17.1. The van der Waals surface area contributed by atoms with Gasteiger partial charge in [-0.15, -0.1) is 0 Å². The fourth-order valence-electron chi connectivity index (χ4n) is 3.53. The average molecular weight is 395 g/mol. The third kappa shape index (κ3) is 6.09. The van der Waals surface area contributed by atoms with E-state index < -0.39 is 0 Å². The van der Waals surface area contributed by atoms with Crippen molar-refractivity contribution in [1.82, 2.24) is 24.8 Å². The molecule has 3 heterocycles. The van der Waals surface area contributed by atoms with Gasteiger partial charge in [0.05, 0.1) is 0 Å². The highest BCUT2D eigenvalue weighted by Gasteiger charge is 2.24. The molecule has 1 N–H and O–H groups in total. The van der Waals surface area contributed by atoms with Gasteiger partial charge >= 0.3 is 0 Å². The number of aromatic nitrogens is 3. The molecule has 0 aliphatic carbocycles. The largest absolute Gasteiger partial charge is 0.339 e. The van der Waals surface area contributed by atoms with Gasteiger partial charge in [0.2, 0.25) is 11.9 Å². The van der Waals surface area contributed by atoms with Gasteiger partial charge < -0.3 is 15.1 Å². The summed E-state index contributed by atoms with van der Waals surface area (Å²) in [6, 6.07) is 7.88. The van der Waals surface area contributed by atoms with Gasteiger partial charge in [-0.2, -0.15) is 0 Å². The number of nitrogens with zero attached hydrogens (tertiary/aromatic N) is 5. The van der Waals surface area contributed by atoms with Crippen LogP contribution in [0.4, 0.5) is 11.8 Å². The number of likely N-dealkylation sites (N-methyl/N-ethyl adjacent to an activating group) is 1. The van der Waals surface area contributed by atoms with Crippen LogP contribution in [0.2, 0.25) is 0 Å². The van der Waals surface area contributed by atoms with Crippen LogP contribution < -0.4 is 5.32 Å². The highest BCUT2D eigenvalue weighted by molar-refractivity contribution is 5.87. The van der Waals surface area contributed by atoms with E-state index in [1.165, 1.54) is 0 Å². The molecular formula is C22H30N6O. The molecule has 0 radical (unpaired) electrons. The minimum Gasteiger partial charge on any atom is -0.339 e. The minimum absolute atomic E-state index is 0.0782. The Morgan fingerprint density at radius 2 is 2.00 bits per heavy atom. The zero-order chi connectivity index (χ0) is 20.8. The lowest BCUT2D eigenvalue weighted by atomic mass is 9.94. The maximum absolute atomic E-state index is 12.5. The van der Waals surface area contributed by atoms with Crippen LogP contribution in [0.3, 0.4) is 0 Å². The first-order valence-electron chi connectivity index (χ1n) is 10.1. The first-order chi connectivity index (χ1) is 13.9. The Bertz CT molecular complexity index is 859. The summed E-state index contributed by atoms with van der Waals surface area (Å²) in [7, 11) is 3.98. The predicted molar refractivity (Wildman–Crippen MR) is 115 cm³/mol. The number of nitrogens with one attached hydrogen (secondary N) is 1. The van der Waals surface area contributed by atoms with E-state index in [2.05, 4.69) is 15.3 Å². The molecule has 3 rings (SSSR count). The summed E-state index contributed by atoms with van der Waals surface area (Å²) < 4.78 is 0. The number of carbonyl (C=O) groups excluding carboxylic acids is 1. The number of anilines is 2. The van der Waals surface area contributed by atoms with Crippen LogP contribution in [0.25, 0.3) is 0 Å². The smallest absolute Gasteiger partial charge is 0.246 e. The first kappa shape index (κ1) is 20.9. The maximum atomic E-state index is 12.5. The fourth-order valence-corrected chi connectivity index (χ4v) is 3.53. The Kier molecular flexibility index (Phi) is 6.93. The molecule has 1 atom stereocenters. The van der Waals surface area contributed by atoms with E-state index >= 15 is 0 Å². The molecule has 154 valence electrons. The summed E-state index contributed by atoms with van der Waals surface area (Å²) in [5, 5.41) is 3.21. The molecule has 29 heavy (non-hydrogen) atoms. The summed E-state index contributed by atoms with van der Waals surface area (Å²) in [6.45, 7) is 6.16. The van der Waals surface area contributed by atoms with E-state index in [-0.39, 0.29) is 11.8 Å². The number of hydrogen-bond acceptors (Lipinski definition) is 6. The molecule has 1 amide bonds. The van der Waals surface area contributed by atoms with Crippen molar-refractivity contribution in [1.29, 1.82) is 0 Å². The second kappa shape index (κ2) is 9.60. The molecule has 2 aromatic rings. The Morgan fingerprint density at radius 3 is 2.72 bits per heavy atom. The number of aryl methyl sites for hydroxylation is 2. The van der Waals surface area contributed by atoms with Crippen LogP contribution in [0, 0.1) is 13.8 Å². The molecule has 1 saturated heterocycles. The lowest BCUT2D eigenvalue weighted by molar-refractivity contribution is -0.127. The second-order valence-corrected chi connectivity index (χ2v) is 7.84. The molecule has 1 fully saturated rings. The predicted octanol–water partition coefficient (Wildman–Crippen LogP) is 3.06. The van der Waals surface area contributed by atoms with Crippen molar-refractivity contribution in [2.75, 3.05) is 39.0 Å². The van der Waals surface area contributed by atoms with Gasteiger partial charge in [0, 0.05) is 48.7 Å². The van der Waals surface area contributed by atoms with Gasteiger partial charge in [-0.3, -0.25) is 4.79 Å². The number of amides is 1. The van der Waals surface area contributed by atoms with Crippen molar-refractivity contribution < 1.29 is 4.79 Å². The monoisotopic (exact) mass is 394 g/mol. The van der Waals surface area contributed by atoms with Crippen molar-refractivity contribution >= 4 is 17.7 Å². The zero-order valence-electron chi connectivity index (χ0n) is 17.7. The highest BCUT2D eigenvalue weighted by Crippen LogP contribution is 2.27. The van der Waals surface area contributed by atoms with Gasteiger partial charge in [0.1, 0.15) is 5.82 Å². The van der Waals surface area contributed by atoms with Crippen LogP contribution in [0.15, 0.2) is 36.4 Å². The van der Waals surface area contributed by atoms with Gasteiger partial charge in [-0.25, -0.2) is 15.0 Å². The van der Waals surface area contributed by atoms with Crippen LogP contribution in [-0.2, 0) is 4.79 Å². The van der Waals surface area contributed by atoms with E-state index in [1.807, 2.05) is 68.1 Å². The quantitative estimate of drug-likeness (QED) is 0.759. The third-order valence-electron chi connectivity index (χ3n) is 4.88. The van der Waals surface area contributed by atoms with Crippen molar-refractivity contribution in [3.8, 4) is 0 Å². The Hall–Kier alpha value is -2.80. The van der Waals surface area contributed by atoms with Crippen LogP contribution in [-0.4, -0.2) is 64.4 Å². The van der Waals surface area contributed by atoms with Crippen molar-refractivity contribution in [3.63, 3.8) is 0 Å². The molecule has 2 aromatic heterocycles. The number of rotatable bonds is 6. The standard InChI is InChI=1S/C22H30N6O/c1-16-14-17(2)24-22(23-16)26-20-10-5-9-19(25-20)18-8-6-13-28(15-18)21(29)11-7-12-27(3)4/h5,7,9-11,14,18H,6,8,12-13,15H2,1-4H3,(H,23,24,25,26)/b11-7+/t18-/m0/s1. The lowest BCUT2D eigenvalue weighted by Gasteiger charge is -2.32. The average Bonchev–Trinajstić information content (AvgIpc) is 2.67. The van der Waals surface area contributed by atoms with Gasteiger partial charge in [0.15, 0.2) is 0 Å². The van der Waals surface area contributed by atoms with E-state index in [0.717, 1.165) is 48.8 Å². The van der Waals surface area contributed by atoms with Crippen LogP contribution in [0.5, 0.6) is 0 Å². The fraction of sp³-hybridized carbons (Fsp3) is 0.455. The summed E-state index contributed by atoms with van der Waals surface area (Å²) >= 11 is 0. The van der Waals surface area contributed by atoms with Gasteiger partial charge in [-0.1, -0.05) is 12.1 Å². The Labute approximate surface area is 172 Å². The topological polar surface area (TPSA) is 74.2 Å². The third-order valence-corrected chi connectivity index (χ3v) is 4.88. The maximum Gasteiger partial charge on any atom is 0.246 e. The van der Waals surface area contributed by atoms with Crippen LogP contribution in [0.1, 0.15) is 35.8 Å². The highest BCUT2D eigenvalue weighted by atomic mass is 16.2. The molecule has 1 aliphatic rings. The molecule has 7 nitrogen and oxygen atoms in total. The molecule has 0 bridgehead atoms. The minimum atomic E-state index is 0.0782. The van der Waals surface area contributed by atoms with Crippen molar-refractivity contribution in [2.24, 2.45) is 0 Å². The molecule has 7 heteroatoms. The number of piperidine rings is 1. The zero-order valence-corrected chi connectivity index (χ0v) is 17.7. The first-order valence-corrected chi connectivity index (χ1v) is 10.1. The van der Waals surface area contributed by atoms with E-state index in [1.54, 1.807) is 6.08 Å². The van der Waals surface area contributed by atoms with E-state index in [4.69, 9.17) is 4.98 Å². The molecule has 0 aromatic carbocycles. The van der Waals surface area contributed by atoms with E-state index in [9.17, 15) is 4.79 Å². The Balaban J connectivity index is 1.68.